The zero-order valence-corrected chi connectivity index (χ0v) is 11.7. The summed E-state index contributed by atoms with van der Waals surface area (Å²) in [6.45, 7) is 2.89. The summed E-state index contributed by atoms with van der Waals surface area (Å²) in [6, 6.07) is 10.9. The van der Waals surface area contributed by atoms with Crippen molar-refractivity contribution in [2.24, 2.45) is 5.73 Å². The summed E-state index contributed by atoms with van der Waals surface area (Å²) in [5.41, 5.74) is 7.01. The molecule has 0 bridgehead atoms. The molecule has 0 unspecified atom stereocenters. The van der Waals surface area contributed by atoms with Crippen LogP contribution in [0.15, 0.2) is 30.3 Å². The Balaban J connectivity index is 1.95. The molecule has 3 heteroatoms. The van der Waals surface area contributed by atoms with Gasteiger partial charge in [-0.2, -0.15) is 0 Å². The van der Waals surface area contributed by atoms with E-state index >= 15 is 0 Å². The van der Waals surface area contributed by atoms with Crippen molar-refractivity contribution in [3.8, 4) is 0 Å². The van der Waals surface area contributed by atoms with Gasteiger partial charge < -0.3 is 15.8 Å². The topological polar surface area (TPSA) is 47.3 Å². The van der Waals surface area contributed by atoms with Crippen molar-refractivity contribution in [2.75, 3.05) is 26.3 Å². The number of hydrogen-bond acceptors (Lipinski definition) is 3. The van der Waals surface area contributed by atoms with Gasteiger partial charge in [0.25, 0.3) is 0 Å². The van der Waals surface area contributed by atoms with Crippen LogP contribution in [0.4, 0.5) is 0 Å². The van der Waals surface area contributed by atoms with Crippen molar-refractivity contribution in [1.29, 1.82) is 0 Å². The maximum absolute atomic E-state index is 5.47. The van der Waals surface area contributed by atoms with Gasteiger partial charge in [-0.1, -0.05) is 49.6 Å². The van der Waals surface area contributed by atoms with Gasteiger partial charge >= 0.3 is 0 Å². The summed E-state index contributed by atoms with van der Waals surface area (Å²) in [5, 5.41) is 3.74. The summed E-state index contributed by atoms with van der Waals surface area (Å²) in [7, 11) is 0. The van der Waals surface area contributed by atoms with Crippen LogP contribution in [-0.2, 0) is 10.3 Å². The third kappa shape index (κ3) is 4.03. The number of benzene rings is 1. The van der Waals surface area contributed by atoms with Crippen molar-refractivity contribution in [1.82, 2.24) is 5.32 Å². The average Bonchev–Trinajstić information content (AvgIpc) is 2.49. The van der Waals surface area contributed by atoms with Gasteiger partial charge in [-0.15, -0.1) is 0 Å². The first-order valence-electron chi connectivity index (χ1n) is 7.46. The Hall–Kier alpha value is -0.900. The highest BCUT2D eigenvalue weighted by molar-refractivity contribution is 5.25. The predicted molar refractivity (Wildman–Crippen MR) is 79.1 cm³/mol. The fraction of sp³-hybridized carbons (Fsp3) is 0.625. The van der Waals surface area contributed by atoms with Crippen LogP contribution in [0.2, 0.25) is 0 Å². The van der Waals surface area contributed by atoms with E-state index in [-0.39, 0.29) is 5.54 Å². The highest BCUT2D eigenvalue weighted by Crippen LogP contribution is 2.36. The van der Waals surface area contributed by atoms with Gasteiger partial charge in [-0.05, 0) is 18.4 Å². The van der Waals surface area contributed by atoms with E-state index in [9.17, 15) is 0 Å². The van der Waals surface area contributed by atoms with E-state index in [4.69, 9.17) is 10.5 Å². The van der Waals surface area contributed by atoms with E-state index in [1.807, 2.05) is 0 Å². The van der Waals surface area contributed by atoms with Gasteiger partial charge in [0, 0.05) is 18.6 Å². The molecule has 1 aliphatic carbocycles. The van der Waals surface area contributed by atoms with Crippen LogP contribution in [0.1, 0.15) is 37.7 Å². The second-order valence-electron chi connectivity index (χ2n) is 5.34. The minimum absolute atomic E-state index is 0.158. The van der Waals surface area contributed by atoms with Crippen LogP contribution in [0.25, 0.3) is 0 Å². The third-order valence-corrected chi connectivity index (χ3v) is 4.01. The lowest BCUT2D eigenvalue weighted by Gasteiger charge is -2.39. The number of nitrogens with two attached hydrogens (primary N) is 1. The normalized spacial score (nSPS) is 18.4. The lowest BCUT2D eigenvalue weighted by Crippen LogP contribution is -2.45. The molecule has 0 spiro atoms. The van der Waals surface area contributed by atoms with Crippen molar-refractivity contribution in [3.63, 3.8) is 0 Å². The number of ether oxygens (including phenoxy) is 1. The summed E-state index contributed by atoms with van der Waals surface area (Å²) < 4.78 is 5.47. The Morgan fingerprint density at radius 2 is 1.79 bits per heavy atom. The molecule has 19 heavy (non-hydrogen) atoms. The molecular formula is C16H26N2O. The largest absolute Gasteiger partial charge is 0.379 e. The SMILES string of the molecule is NCCOCCNC1(c2ccccc2)CCCCC1. The highest BCUT2D eigenvalue weighted by Gasteiger charge is 2.32. The molecule has 0 aliphatic heterocycles. The summed E-state index contributed by atoms with van der Waals surface area (Å²) in [5.74, 6) is 0. The van der Waals surface area contributed by atoms with Crippen LogP contribution >= 0.6 is 0 Å². The molecule has 3 N–H and O–H groups in total. The quantitative estimate of drug-likeness (QED) is 0.742. The maximum atomic E-state index is 5.47. The highest BCUT2D eigenvalue weighted by atomic mass is 16.5. The minimum atomic E-state index is 0.158. The molecule has 1 aromatic carbocycles. The maximum Gasteiger partial charge on any atom is 0.0591 e. The van der Waals surface area contributed by atoms with Crippen molar-refractivity contribution < 1.29 is 4.74 Å². The summed E-state index contributed by atoms with van der Waals surface area (Å²) in [6.07, 6.45) is 6.44. The Labute approximate surface area is 116 Å². The van der Waals surface area contributed by atoms with Crippen LogP contribution < -0.4 is 11.1 Å². The van der Waals surface area contributed by atoms with Crippen molar-refractivity contribution in [3.05, 3.63) is 35.9 Å². The van der Waals surface area contributed by atoms with Crippen LogP contribution in [0.5, 0.6) is 0 Å². The van der Waals surface area contributed by atoms with E-state index < -0.39 is 0 Å². The zero-order chi connectivity index (χ0) is 13.4. The Morgan fingerprint density at radius 1 is 1.05 bits per heavy atom. The summed E-state index contributed by atoms with van der Waals surface area (Å²) >= 11 is 0. The molecule has 0 aromatic heterocycles. The molecule has 1 aromatic rings. The number of rotatable bonds is 7. The number of hydrogen-bond donors (Lipinski definition) is 2. The van der Waals surface area contributed by atoms with Crippen molar-refractivity contribution >= 4 is 0 Å². The van der Waals surface area contributed by atoms with Gasteiger partial charge in [-0.3, -0.25) is 0 Å². The zero-order valence-electron chi connectivity index (χ0n) is 11.7. The molecule has 3 nitrogen and oxygen atoms in total. The Morgan fingerprint density at radius 3 is 2.47 bits per heavy atom. The van der Waals surface area contributed by atoms with Gasteiger partial charge in [0.05, 0.1) is 13.2 Å². The van der Waals surface area contributed by atoms with Crippen LogP contribution in [0.3, 0.4) is 0 Å². The van der Waals surface area contributed by atoms with Gasteiger partial charge in [0.15, 0.2) is 0 Å². The summed E-state index contributed by atoms with van der Waals surface area (Å²) in [4.78, 5) is 0. The molecule has 0 saturated heterocycles. The standard InChI is InChI=1S/C16H26N2O/c17-11-13-19-14-12-18-16(9-5-2-6-10-16)15-7-3-1-4-8-15/h1,3-4,7-8,18H,2,5-6,9-14,17H2. The fourth-order valence-electron chi connectivity index (χ4n) is 3.03. The molecule has 0 amide bonds. The van der Waals surface area contributed by atoms with Crippen molar-refractivity contribution in [2.45, 2.75) is 37.6 Å². The minimum Gasteiger partial charge on any atom is -0.379 e. The monoisotopic (exact) mass is 262 g/mol. The molecule has 1 saturated carbocycles. The van der Waals surface area contributed by atoms with Crippen LogP contribution in [-0.4, -0.2) is 26.3 Å². The van der Waals surface area contributed by atoms with E-state index in [1.165, 1.54) is 37.7 Å². The second-order valence-corrected chi connectivity index (χ2v) is 5.34. The van der Waals surface area contributed by atoms with Gasteiger partial charge in [0.1, 0.15) is 0 Å². The molecular weight excluding hydrogens is 236 g/mol. The van der Waals surface area contributed by atoms with E-state index in [0.29, 0.717) is 13.2 Å². The lowest BCUT2D eigenvalue weighted by molar-refractivity contribution is 0.126. The first-order chi connectivity index (χ1) is 9.37. The van der Waals surface area contributed by atoms with Gasteiger partial charge in [-0.25, -0.2) is 0 Å². The molecule has 106 valence electrons. The lowest BCUT2D eigenvalue weighted by atomic mass is 9.76. The number of nitrogens with one attached hydrogen (secondary N) is 1. The predicted octanol–water partition coefficient (Wildman–Crippen LogP) is 2.41. The van der Waals surface area contributed by atoms with Gasteiger partial charge in [0.2, 0.25) is 0 Å². The van der Waals surface area contributed by atoms with E-state index in [1.54, 1.807) is 0 Å². The van der Waals surface area contributed by atoms with E-state index in [0.717, 1.165) is 13.2 Å². The first kappa shape index (κ1) is 14.5. The molecule has 0 heterocycles. The molecule has 1 fully saturated rings. The Bertz CT molecular complexity index is 347. The first-order valence-corrected chi connectivity index (χ1v) is 7.46. The molecule has 1 aliphatic rings. The molecule has 0 atom stereocenters. The Kier molecular flexibility index (Phi) is 5.83. The fourth-order valence-corrected chi connectivity index (χ4v) is 3.03. The molecule has 0 radical (unpaired) electrons. The third-order valence-electron chi connectivity index (χ3n) is 4.01. The molecule has 2 rings (SSSR count). The second kappa shape index (κ2) is 7.63. The van der Waals surface area contributed by atoms with Crippen LogP contribution in [0, 0.1) is 0 Å². The smallest absolute Gasteiger partial charge is 0.0591 e. The average molecular weight is 262 g/mol. The van der Waals surface area contributed by atoms with E-state index in [2.05, 4.69) is 35.6 Å².